The van der Waals surface area contributed by atoms with Crippen LogP contribution in [0.3, 0.4) is 0 Å². The highest BCUT2D eigenvalue weighted by atomic mass is 19.4. The molecule has 1 saturated heterocycles. The number of amides is 1. The SMILES string of the molecule is C[C@H](NC(=O)c1cn(-c2c(F)cccc2F)c2nc(N3CC4CC4(O)C3)ccc2c1=O)C(F)(F)F. The van der Waals surface area contributed by atoms with Crippen LogP contribution >= 0.6 is 0 Å². The first kappa shape index (κ1) is 23.2. The number of hydrogen-bond donors (Lipinski definition) is 2. The van der Waals surface area contributed by atoms with E-state index in [9.17, 15) is 36.6 Å². The van der Waals surface area contributed by atoms with Crippen molar-refractivity contribution in [3.05, 3.63) is 63.9 Å². The lowest BCUT2D eigenvalue weighted by atomic mass is 10.1. The highest BCUT2D eigenvalue weighted by Crippen LogP contribution is 2.50. The normalized spacial score (nSPS) is 22.3. The molecule has 2 fully saturated rings. The number of benzene rings is 1. The van der Waals surface area contributed by atoms with Crippen LogP contribution < -0.4 is 15.6 Å². The van der Waals surface area contributed by atoms with Crippen LogP contribution in [0.1, 0.15) is 23.7 Å². The molecule has 0 spiro atoms. The Kier molecular flexibility index (Phi) is 5.13. The minimum atomic E-state index is -4.76. The molecule has 0 bridgehead atoms. The summed E-state index contributed by atoms with van der Waals surface area (Å²) in [7, 11) is 0. The molecule has 1 saturated carbocycles. The molecule has 5 rings (SSSR count). The standard InChI is InChI=1S/C23H19F5N4O3/c1-11(23(26,27)28)29-21(34)14-9-32(18-15(24)3-2-4-16(18)25)20-13(19(14)33)5-6-17(30-20)31-8-12-7-22(12,35)10-31/h2-6,9,11-12,35H,7-8,10H2,1H3,(H,29,34)/t11-,12?,22?/m0/s1. The third kappa shape index (κ3) is 3.91. The van der Waals surface area contributed by atoms with E-state index >= 15 is 0 Å². The Morgan fingerprint density at radius 3 is 2.51 bits per heavy atom. The number of rotatable bonds is 4. The third-order valence-corrected chi connectivity index (χ3v) is 6.53. The number of aliphatic hydroxyl groups is 1. The number of piperidine rings is 1. The fourth-order valence-electron chi connectivity index (χ4n) is 4.41. The number of nitrogens with one attached hydrogen (secondary N) is 1. The summed E-state index contributed by atoms with van der Waals surface area (Å²) in [5.41, 5.74) is -3.33. The van der Waals surface area contributed by atoms with Gasteiger partial charge in [-0.15, -0.1) is 0 Å². The van der Waals surface area contributed by atoms with Gasteiger partial charge in [0, 0.05) is 25.2 Å². The Balaban J connectivity index is 1.68. The van der Waals surface area contributed by atoms with Gasteiger partial charge in [0.15, 0.2) is 5.65 Å². The Hall–Kier alpha value is -3.54. The van der Waals surface area contributed by atoms with E-state index in [2.05, 4.69) is 4.98 Å². The van der Waals surface area contributed by atoms with Crippen LogP contribution in [0, 0.1) is 17.6 Å². The average molecular weight is 494 g/mol. The van der Waals surface area contributed by atoms with Gasteiger partial charge >= 0.3 is 6.18 Å². The lowest BCUT2D eigenvalue weighted by Crippen LogP contribution is -2.44. The van der Waals surface area contributed by atoms with Crippen molar-refractivity contribution in [1.29, 1.82) is 0 Å². The largest absolute Gasteiger partial charge is 0.408 e. The van der Waals surface area contributed by atoms with E-state index in [1.165, 1.54) is 12.1 Å². The van der Waals surface area contributed by atoms with Crippen molar-refractivity contribution in [2.45, 2.75) is 31.2 Å². The van der Waals surface area contributed by atoms with E-state index < -0.39 is 52.0 Å². The molecule has 2 aromatic heterocycles. The average Bonchev–Trinajstić information content (AvgIpc) is 3.29. The van der Waals surface area contributed by atoms with Crippen LogP contribution in [0.4, 0.5) is 27.8 Å². The Morgan fingerprint density at radius 2 is 1.91 bits per heavy atom. The first-order valence-electron chi connectivity index (χ1n) is 10.7. The minimum absolute atomic E-state index is 0.0768. The zero-order valence-electron chi connectivity index (χ0n) is 18.2. The number of halogens is 5. The van der Waals surface area contributed by atoms with Crippen LogP contribution in [-0.2, 0) is 0 Å². The number of pyridine rings is 2. The van der Waals surface area contributed by atoms with E-state index in [0.717, 1.165) is 29.0 Å². The molecule has 1 aliphatic carbocycles. The molecule has 184 valence electrons. The summed E-state index contributed by atoms with van der Waals surface area (Å²) in [6.07, 6.45) is -3.31. The molecular formula is C23H19F5N4O3. The van der Waals surface area contributed by atoms with Gasteiger partial charge in [0.25, 0.3) is 5.91 Å². The van der Waals surface area contributed by atoms with Crippen molar-refractivity contribution in [2.24, 2.45) is 5.92 Å². The predicted molar refractivity (Wildman–Crippen MR) is 116 cm³/mol. The number of alkyl halides is 3. The van der Waals surface area contributed by atoms with Gasteiger partial charge in [-0.25, -0.2) is 13.8 Å². The fraction of sp³-hybridized carbons (Fsp3) is 0.348. The van der Waals surface area contributed by atoms with Crippen LogP contribution in [0.2, 0.25) is 0 Å². The summed E-state index contributed by atoms with van der Waals surface area (Å²) in [6, 6.07) is 3.53. The van der Waals surface area contributed by atoms with Crippen molar-refractivity contribution < 1.29 is 31.9 Å². The number of anilines is 1. The van der Waals surface area contributed by atoms with Crippen molar-refractivity contribution in [1.82, 2.24) is 14.9 Å². The molecule has 1 aromatic carbocycles. The van der Waals surface area contributed by atoms with Gasteiger partial charge in [0.05, 0.1) is 11.0 Å². The summed E-state index contributed by atoms with van der Waals surface area (Å²) < 4.78 is 69.1. The smallest absolute Gasteiger partial charge is 0.388 e. The van der Waals surface area contributed by atoms with Crippen molar-refractivity contribution in [3.63, 3.8) is 0 Å². The summed E-state index contributed by atoms with van der Waals surface area (Å²) >= 11 is 0. The summed E-state index contributed by atoms with van der Waals surface area (Å²) in [5.74, 6) is -3.00. The Bertz CT molecular complexity index is 1400. The van der Waals surface area contributed by atoms with Crippen LogP contribution in [0.15, 0.2) is 41.3 Å². The molecule has 12 heteroatoms. The Labute approximate surface area is 194 Å². The number of aromatic nitrogens is 2. The van der Waals surface area contributed by atoms with Crippen molar-refractivity contribution in [2.75, 3.05) is 18.0 Å². The van der Waals surface area contributed by atoms with Gasteiger partial charge in [-0.05, 0) is 37.6 Å². The first-order chi connectivity index (χ1) is 16.4. The van der Waals surface area contributed by atoms with Crippen LogP contribution in [-0.4, -0.2) is 51.5 Å². The van der Waals surface area contributed by atoms with Gasteiger partial charge in [-0.1, -0.05) is 6.07 Å². The van der Waals surface area contributed by atoms with E-state index in [-0.39, 0.29) is 17.0 Å². The second-order valence-corrected chi connectivity index (χ2v) is 8.97. The molecule has 2 unspecified atom stereocenters. The zero-order valence-corrected chi connectivity index (χ0v) is 18.2. The van der Waals surface area contributed by atoms with Gasteiger partial charge in [-0.2, -0.15) is 13.2 Å². The topological polar surface area (TPSA) is 87.5 Å². The summed E-state index contributed by atoms with van der Waals surface area (Å²) in [5, 5.41) is 11.8. The number of carbonyl (C=O) groups excluding carboxylic acids is 1. The molecule has 0 radical (unpaired) electrons. The maximum absolute atomic E-state index is 14.7. The number of nitrogens with zero attached hydrogens (tertiary/aromatic N) is 3. The molecular weight excluding hydrogens is 475 g/mol. The molecule has 2 N–H and O–H groups in total. The van der Waals surface area contributed by atoms with Crippen LogP contribution in [0.5, 0.6) is 0 Å². The van der Waals surface area contributed by atoms with E-state index in [0.29, 0.717) is 32.3 Å². The van der Waals surface area contributed by atoms with Gasteiger partial charge in [-0.3, -0.25) is 14.2 Å². The maximum Gasteiger partial charge on any atom is 0.408 e. The highest BCUT2D eigenvalue weighted by Gasteiger charge is 2.59. The summed E-state index contributed by atoms with van der Waals surface area (Å²) in [4.78, 5) is 31.8. The van der Waals surface area contributed by atoms with E-state index in [1.807, 2.05) is 0 Å². The summed E-state index contributed by atoms with van der Waals surface area (Å²) in [6.45, 7) is 1.50. The lowest BCUT2D eigenvalue weighted by molar-refractivity contribution is -0.149. The highest BCUT2D eigenvalue weighted by molar-refractivity contribution is 5.97. The number of para-hydroxylation sites is 1. The molecule has 3 aromatic rings. The fourth-order valence-corrected chi connectivity index (χ4v) is 4.41. The van der Waals surface area contributed by atoms with Crippen molar-refractivity contribution >= 4 is 22.8 Å². The molecule has 1 aliphatic heterocycles. The number of hydrogen-bond acceptors (Lipinski definition) is 5. The maximum atomic E-state index is 14.7. The zero-order chi connectivity index (χ0) is 25.3. The quantitative estimate of drug-likeness (QED) is 0.545. The minimum Gasteiger partial charge on any atom is -0.388 e. The second kappa shape index (κ2) is 7.74. The monoisotopic (exact) mass is 494 g/mol. The van der Waals surface area contributed by atoms with Gasteiger partial charge in [0.2, 0.25) is 5.43 Å². The molecule has 1 amide bonds. The molecule has 3 heterocycles. The van der Waals surface area contributed by atoms with E-state index in [4.69, 9.17) is 0 Å². The number of β-amino-alcohol motifs (C(OH)–C–C–N with tert-alkyl or cyclic N) is 1. The van der Waals surface area contributed by atoms with Crippen molar-refractivity contribution in [3.8, 4) is 5.69 Å². The predicted octanol–water partition coefficient (Wildman–Crippen LogP) is 2.92. The molecule has 35 heavy (non-hydrogen) atoms. The molecule has 2 aliphatic rings. The number of fused-ring (bicyclic) bond motifs is 2. The van der Waals surface area contributed by atoms with Crippen LogP contribution in [0.25, 0.3) is 16.7 Å². The first-order valence-corrected chi connectivity index (χ1v) is 10.7. The molecule has 3 atom stereocenters. The lowest BCUT2D eigenvalue weighted by Gasteiger charge is -2.22. The Morgan fingerprint density at radius 1 is 1.23 bits per heavy atom. The van der Waals surface area contributed by atoms with Gasteiger partial charge < -0.3 is 15.3 Å². The van der Waals surface area contributed by atoms with Gasteiger partial charge in [0.1, 0.15) is 34.7 Å². The third-order valence-electron chi connectivity index (χ3n) is 6.53. The molecule has 7 nitrogen and oxygen atoms in total. The van der Waals surface area contributed by atoms with E-state index in [1.54, 1.807) is 10.2 Å². The number of carbonyl (C=O) groups is 1. The second-order valence-electron chi connectivity index (χ2n) is 8.97.